The third-order valence-electron chi connectivity index (χ3n) is 3.32. The van der Waals surface area contributed by atoms with Crippen molar-refractivity contribution in [2.75, 3.05) is 27.3 Å². The minimum atomic E-state index is -0.559. The molecule has 0 spiro atoms. The predicted molar refractivity (Wildman–Crippen MR) is 91.6 cm³/mol. The van der Waals surface area contributed by atoms with Gasteiger partial charge in [-0.3, -0.25) is 4.79 Å². The summed E-state index contributed by atoms with van der Waals surface area (Å²) in [4.78, 5) is 18.9. The van der Waals surface area contributed by atoms with Crippen LogP contribution in [0.4, 0.5) is 0 Å². The van der Waals surface area contributed by atoms with Crippen LogP contribution in [0.2, 0.25) is 0 Å². The van der Waals surface area contributed by atoms with Gasteiger partial charge in [0, 0.05) is 24.7 Å². The summed E-state index contributed by atoms with van der Waals surface area (Å²) in [5, 5.41) is 13.9. The number of carbonyl (C=O) groups excluding carboxylic acids is 1. The van der Waals surface area contributed by atoms with Crippen LogP contribution in [-0.4, -0.2) is 58.1 Å². The van der Waals surface area contributed by atoms with E-state index in [2.05, 4.69) is 20.6 Å². The molecule has 0 aliphatic heterocycles. The summed E-state index contributed by atoms with van der Waals surface area (Å²) in [5.74, 6) is -0.160. The molecule has 0 aliphatic carbocycles. The molecule has 0 radical (unpaired) electrons. The molecule has 132 valence electrons. The average molecular weight is 352 g/mol. The van der Waals surface area contributed by atoms with Crippen LogP contribution in [0.1, 0.15) is 36.6 Å². The number of rotatable bonds is 9. The predicted octanol–water partition coefficient (Wildman–Crippen LogP) is 1.25. The Morgan fingerprint density at radius 1 is 1.50 bits per heavy atom. The quantitative estimate of drug-likeness (QED) is 0.731. The zero-order chi connectivity index (χ0) is 17.5. The van der Waals surface area contributed by atoms with Crippen molar-refractivity contribution in [3.05, 3.63) is 28.5 Å². The standard InChI is InChI=1S/C15H24N6O2S/c1-5-23-10-13(21-9-12(18-19-21)8-20(3)4)14(22)17-11(2)15-16-6-7-24-15/h6-7,9,11,13H,5,8,10H2,1-4H3,(H,17,22)/t11-,13?/m0/s1. The summed E-state index contributed by atoms with van der Waals surface area (Å²) in [6.45, 7) is 5.25. The second kappa shape index (κ2) is 8.86. The maximum atomic E-state index is 12.7. The van der Waals surface area contributed by atoms with Gasteiger partial charge in [-0.25, -0.2) is 9.67 Å². The van der Waals surface area contributed by atoms with E-state index in [0.29, 0.717) is 13.2 Å². The van der Waals surface area contributed by atoms with Crippen molar-refractivity contribution in [2.45, 2.75) is 32.5 Å². The summed E-state index contributed by atoms with van der Waals surface area (Å²) in [6, 6.07) is -0.720. The maximum Gasteiger partial charge on any atom is 0.247 e. The molecule has 0 aliphatic rings. The Labute approximate surface area is 145 Å². The van der Waals surface area contributed by atoms with Crippen LogP contribution in [-0.2, 0) is 16.1 Å². The van der Waals surface area contributed by atoms with E-state index in [1.165, 1.54) is 11.3 Å². The number of nitrogens with zero attached hydrogens (tertiary/aromatic N) is 5. The lowest BCUT2D eigenvalue weighted by Crippen LogP contribution is -2.37. The van der Waals surface area contributed by atoms with Gasteiger partial charge in [0.1, 0.15) is 5.01 Å². The minimum Gasteiger partial charge on any atom is -0.379 e. The first kappa shape index (κ1) is 18.5. The van der Waals surface area contributed by atoms with Crippen molar-refractivity contribution in [2.24, 2.45) is 0 Å². The van der Waals surface area contributed by atoms with Gasteiger partial charge in [0.05, 0.1) is 24.5 Å². The van der Waals surface area contributed by atoms with Crippen molar-refractivity contribution < 1.29 is 9.53 Å². The van der Waals surface area contributed by atoms with Crippen LogP contribution in [0.15, 0.2) is 17.8 Å². The molecule has 0 aromatic carbocycles. The third kappa shape index (κ3) is 5.08. The van der Waals surface area contributed by atoms with Gasteiger partial charge in [-0.2, -0.15) is 0 Å². The molecular weight excluding hydrogens is 328 g/mol. The molecule has 2 atom stereocenters. The molecular formula is C15H24N6O2S. The first-order chi connectivity index (χ1) is 11.5. The topological polar surface area (TPSA) is 85.2 Å². The van der Waals surface area contributed by atoms with E-state index in [1.807, 2.05) is 38.2 Å². The fourth-order valence-corrected chi connectivity index (χ4v) is 2.83. The Bertz CT molecular complexity index is 628. The molecule has 2 aromatic rings. The molecule has 0 fully saturated rings. The number of carbonyl (C=O) groups is 1. The van der Waals surface area contributed by atoms with Crippen molar-refractivity contribution in [3.8, 4) is 0 Å². The second-order valence-corrected chi connectivity index (χ2v) is 6.63. The molecule has 1 N–H and O–H groups in total. The monoisotopic (exact) mass is 352 g/mol. The van der Waals surface area contributed by atoms with Gasteiger partial charge in [-0.1, -0.05) is 5.21 Å². The first-order valence-corrected chi connectivity index (χ1v) is 8.72. The van der Waals surface area contributed by atoms with Gasteiger partial charge in [0.25, 0.3) is 0 Å². The number of aromatic nitrogens is 4. The maximum absolute atomic E-state index is 12.7. The molecule has 8 nitrogen and oxygen atoms in total. The highest BCUT2D eigenvalue weighted by molar-refractivity contribution is 7.09. The molecule has 0 saturated carbocycles. The summed E-state index contributed by atoms with van der Waals surface area (Å²) < 4.78 is 7.03. The number of hydrogen-bond acceptors (Lipinski definition) is 7. The molecule has 2 aromatic heterocycles. The van der Waals surface area contributed by atoms with Gasteiger partial charge in [0.2, 0.25) is 5.91 Å². The molecule has 24 heavy (non-hydrogen) atoms. The van der Waals surface area contributed by atoms with Crippen LogP contribution in [0.3, 0.4) is 0 Å². The van der Waals surface area contributed by atoms with Gasteiger partial charge in [-0.05, 0) is 27.9 Å². The first-order valence-electron chi connectivity index (χ1n) is 7.84. The number of ether oxygens (including phenoxy) is 1. The van der Waals surface area contributed by atoms with E-state index in [9.17, 15) is 4.79 Å². The van der Waals surface area contributed by atoms with Crippen LogP contribution in [0, 0.1) is 0 Å². The number of nitrogens with one attached hydrogen (secondary N) is 1. The summed E-state index contributed by atoms with van der Waals surface area (Å²) >= 11 is 1.51. The van der Waals surface area contributed by atoms with Crippen molar-refractivity contribution >= 4 is 17.2 Å². The summed E-state index contributed by atoms with van der Waals surface area (Å²) in [6.07, 6.45) is 3.52. The van der Waals surface area contributed by atoms with E-state index in [4.69, 9.17) is 4.74 Å². The minimum absolute atomic E-state index is 0.160. The van der Waals surface area contributed by atoms with Crippen molar-refractivity contribution in [1.82, 2.24) is 30.2 Å². The summed E-state index contributed by atoms with van der Waals surface area (Å²) in [7, 11) is 3.91. The van der Waals surface area contributed by atoms with Gasteiger partial charge in [0.15, 0.2) is 6.04 Å². The fourth-order valence-electron chi connectivity index (χ4n) is 2.18. The Morgan fingerprint density at radius 2 is 2.29 bits per heavy atom. The Morgan fingerprint density at radius 3 is 2.92 bits per heavy atom. The van der Waals surface area contributed by atoms with E-state index < -0.39 is 6.04 Å². The van der Waals surface area contributed by atoms with E-state index in [0.717, 1.165) is 10.7 Å². The van der Waals surface area contributed by atoms with Crippen LogP contribution in [0.25, 0.3) is 0 Å². The molecule has 0 saturated heterocycles. The molecule has 2 rings (SSSR count). The summed E-state index contributed by atoms with van der Waals surface area (Å²) in [5.41, 5.74) is 0.808. The smallest absolute Gasteiger partial charge is 0.247 e. The lowest BCUT2D eigenvalue weighted by atomic mass is 10.2. The molecule has 1 amide bonds. The molecule has 0 bridgehead atoms. The number of hydrogen-bond donors (Lipinski definition) is 1. The SMILES string of the molecule is CCOCC(C(=O)N[C@@H](C)c1nccs1)n1cc(CN(C)C)nn1. The lowest BCUT2D eigenvalue weighted by molar-refractivity contribution is -0.127. The molecule has 2 heterocycles. The second-order valence-electron chi connectivity index (χ2n) is 5.70. The lowest BCUT2D eigenvalue weighted by Gasteiger charge is -2.19. The molecule has 9 heteroatoms. The largest absolute Gasteiger partial charge is 0.379 e. The van der Waals surface area contributed by atoms with Crippen molar-refractivity contribution in [3.63, 3.8) is 0 Å². The van der Waals surface area contributed by atoms with Gasteiger partial charge in [-0.15, -0.1) is 16.4 Å². The normalized spacial score (nSPS) is 13.9. The highest BCUT2D eigenvalue weighted by atomic mass is 32.1. The number of amides is 1. The zero-order valence-corrected chi connectivity index (χ0v) is 15.3. The Hall–Kier alpha value is -1.84. The van der Waals surface area contributed by atoms with Gasteiger partial charge < -0.3 is 15.0 Å². The Balaban J connectivity index is 2.08. The van der Waals surface area contributed by atoms with Gasteiger partial charge >= 0.3 is 0 Å². The highest BCUT2D eigenvalue weighted by Crippen LogP contribution is 2.16. The molecule has 1 unspecified atom stereocenters. The zero-order valence-electron chi connectivity index (χ0n) is 14.5. The van der Waals surface area contributed by atoms with E-state index in [1.54, 1.807) is 17.1 Å². The Kier molecular flexibility index (Phi) is 6.83. The van der Waals surface area contributed by atoms with Crippen molar-refractivity contribution in [1.29, 1.82) is 0 Å². The van der Waals surface area contributed by atoms with Crippen LogP contribution >= 0.6 is 11.3 Å². The van der Waals surface area contributed by atoms with Crippen LogP contribution < -0.4 is 5.32 Å². The number of thiazole rings is 1. The van der Waals surface area contributed by atoms with Crippen LogP contribution in [0.5, 0.6) is 0 Å². The fraction of sp³-hybridized carbons (Fsp3) is 0.600. The van der Waals surface area contributed by atoms with E-state index >= 15 is 0 Å². The average Bonchev–Trinajstić information content (AvgIpc) is 3.19. The van der Waals surface area contributed by atoms with E-state index in [-0.39, 0.29) is 18.6 Å². The highest BCUT2D eigenvalue weighted by Gasteiger charge is 2.24. The third-order valence-corrected chi connectivity index (χ3v) is 4.28.